The SMILES string of the molecule is CCCC1CCCCN1c1ccc([N+](=O)[O-])cc1C(C)=O. The zero-order chi connectivity index (χ0) is 15.4. The molecule has 1 aromatic rings. The van der Waals surface area contributed by atoms with Crippen LogP contribution in [0.15, 0.2) is 18.2 Å². The van der Waals surface area contributed by atoms with E-state index in [1.54, 1.807) is 6.07 Å². The predicted octanol–water partition coefficient (Wildman–Crippen LogP) is 3.96. The van der Waals surface area contributed by atoms with Crippen molar-refractivity contribution in [1.29, 1.82) is 0 Å². The molecule has 0 amide bonds. The first-order chi connectivity index (χ1) is 10.0. The summed E-state index contributed by atoms with van der Waals surface area (Å²) in [6, 6.07) is 5.08. The van der Waals surface area contributed by atoms with Crippen molar-refractivity contribution in [3.63, 3.8) is 0 Å². The van der Waals surface area contributed by atoms with E-state index in [4.69, 9.17) is 0 Å². The highest BCUT2D eigenvalue weighted by Crippen LogP contribution is 2.32. The van der Waals surface area contributed by atoms with Crippen LogP contribution in [0.3, 0.4) is 0 Å². The van der Waals surface area contributed by atoms with Gasteiger partial charge in [-0.15, -0.1) is 0 Å². The largest absolute Gasteiger partial charge is 0.368 e. The van der Waals surface area contributed by atoms with Gasteiger partial charge in [0.1, 0.15) is 0 Å². The van der Waals surface area contributed by atoms with Gasteiger partial charge in [0, 0.05) is 36.0 Å². The van der Waals surface area contributed by atoms with Crippen LogP contribution >= 0.6 is 0 Å². The molecule has 0 aliphatic carbocycles. The predicted molar refractivity (Wildman–Crippen MR) is 83.0 cm³/mol. The Kier molecular flexibility index (Phi) is 4.94. The minimum absolute atomic E-state index is 0.0204. The second kappa shape index (κ2) is 6.70. The molecular formula is C16H22N2O3. The quantitative estimate of drug-likeness (QED) is 0.468. The average molecular weight is 290 g/mol. The molecule has 1 heterocycles. The third-order valence-electron chi connectivity index (χ3n) is 4.13. The summed E-state index contributed by atoms with van der Waals surface area (Å²) < 4.78 is 0. The maximum Gasteiger partial charge on any atom is 0.270 e. The van der Waals surface area contributed by atoms with Crippen molar-refractivity contribution in [2.45, 2.75) is 52.0 Å². The van der Waals surface area contributed by atoms with E-state index in [0.29, 0.717) is 11.6 Å². The van der Waals surface area contributed by atoms with Crippen LogP contribution in [0.25, 0.3) is 0 Å². The van der Waals surface area contributed by atoms with Crippen molar-refractivity contribution in [2.24, 2.45) is 0 Å². The first-order valence-corrected chi connectivity index (χ1v) is 7.60. The molecule has 114 valence electrons. The Bertz CT molecular complexity index is 540. The Morgan fingerprint density at radius 1 is 1.43 bits per heavy atom. The summed E-state index contributed by atoms with van der Waals surface area (Å²) in [6.07, 6.45) is 5.64. The molecule has 1 aromatic carbocycles. The molecule has 1 atom stereocenters. The van der Waals surface area contributed by atoms with Gasteiger partial charge >= 0.3 is 0 Å². The van der Waals surface area contributed by atoms with Gasteiger partial charge in [-0.1, -0.05) is 13.3 Å². The maximum atomic E-state index is 11.9. The van der Waals surface area contributed by atoms with Crippen LogP contribution in [-0.4, -0.2) is 23.3 Å². The molecule has 0 spiro atoms. The Hall–Kier alpha value is -1.91. The molecule has 0 bridgehead atoms. The molecule has 1 unspecified atom stereocenters. The summed E-state index contributed by atoms with van der Waals surface area (Å²) in [5, 5.41) is 10.9. The van der Waals surface area contributed by atoms with E-state index in [9.17, 15) is 14.9 Å². The molecule has 21 heavy (non-hydrogen) atoms. The van der Waals surface area contributed by atoms with E-state index in [-0.39, 0.29) is 11.5 Å². The number of rotatable bonds is 5. The third-order valence-corrected chi connectivity index (χ3v) is 4.13. The summed E-state index contributed by atoms with van der Waals surface area (Å²) in [7, 11) is 0. The fourth-order valence-electron chi connectivity index (χ4n) is 3.12. The van der Waals surface area contributed by atoms with Crippen molar-refractivity contribution in [3.05, 3.63) is 33.9 Å². The van der Waals surface area contributed by atoms with Crippen LogP contribution in [-0.2, 0) is 0 Å². The molecule has 1 aliphatic rings. The third kappa shape index (κ3) is 3.40. The Balaban J connectivity index is 2.41. The van der Waals surface area contributed by atoms with Crippen LogP contribution in [0.4, 0.5) is 11.4 Å². The number of benzene rings is 1. The van der Waals surface area contributed by atoms with Crippen molar-refractivity contribution < 1.29 is 9.72 Å². The Labute approximate surface area is 125 Å². The van der Waals surface area contributed by atoms with Crippen LogP contribution < -0.4 is 4.90 Å². The van der Waals surface area contributed by atoms with Crippen molar-refractivity contribution >= 4 is 17.2 Å². The van der Waals surface area contributed by atoms with Crippen LogP contribution in [0.5, 0.6) is 0 Å². The van der Waals surface area contributed by atoms with Crippen LogP contribution in [0, 0.1) is 10.1 Å². The van der Waals surface area contributed by atoms with Crippen molar-refractivity contribution in [1.82, 2.24) is 0 Å². The number of ketones is 1. The zero-order valence-corrected chi connectivity index (χ0v) is 12.7. The number of anilines is 1. The van der Waals surface area contributed by atoms with E-state index in [2.05, 4.69) is 11.8 Å². The highest BCUT2D eigenvalue weighted by Gasteiger charge is 2.26. The molecular weight excluding hydrogens is 268 g/mol. The van der Waals surface area contributed by atoms with E-state index < -0.39 is 4.92 Å². The lowest BCUT2D eigenvalue weighted by Gasteiger charge is -2.38. The minimum Gasteiger partial charge on any atom is -0.368 e. The number of Topliss-reactive ketones (excluding diaryl/α,β-unsaturated/α-hetero) is 1. The first kappa shape index (κ1) is 15.5. The smallest absolute Gasteiger partial charge is 0.270 e. The van der Waals surface area contributed by atoms with Gasteiger partial charge in [0.25, 0.3) is 5.69 Å². The van der Waals surface area contributed by atoms with Gasteiger partial charge < -0.3 is 4.90 Å². The van der Waals surface area contributed by atoms with E-state index in [0.717, 1.165) is 37.9 Å². The molecule has 0 aromatic heterocycles. The first-order valence-electron chi connectivity index (χ1n) is 7.60. The average Bonchev–Trinajstić information content (AvgIpc) is 2.47. The van der Waals surface area contributed by atoms with E-state index >= 15 is 0 Å². The highest BCUT2D eigenvalue weighted by atomic mass is 16.6. The van der Waals surface area contributed by atoms with Crippen molar-refractivity contribution in [2.75, 3.05) is 11.4 Å². The van der Waals surface area contributed by atoms with Crippen molar-refractivity contribution in [3.8, 4) is 0 Å². The molecule has 5 nitrogen and oxygen atoms in total. The van der Waals surface area contributed by atoms with Gasteiger partial charge in [-0.25, -0.2) is 0 Å². The van der Waals surface area contributed by atoms with E-state index in [1.807, 2.05) is 0 Å². The standard InChI is InChI=1S/C16H22N2O3/c1-3-6-13-7-4-5-10-17(13)16-9-8-14(18(20)21)11-15(16)12(2)19/h8-9,11,13H,3-7,10H2,1-2H3. The van der Waals surface area contributed by atoms with Gasteiger partial charge in [-0.2, -0.15) is 0 Å². The molecule has 1 aliphatic heterocycles. The lowest BCUT2D eigenvalue weighted by Crippen LogP contribution is -2.40. The number of nitro groups is 1. The second-order valence-corrected chi connectivity index (χ2v) is 5.65. The topological polar surface area (TPSA) is 63.4 Å². The number of carbonyl (C=O) groups is 1. The fourth-order valence-corrected chi connectivity index (χ4v) is 3.12. The van der Waals surface area contributed by atoms with Gasteiger partial charge in [0.15, 0.2) is 5.78 Å². The summed E-state index contributed by atoms with van der Waals surface area (Å²) in [6.45, 7) is 4.55. The monoisotopic (exact) mass is 290 g/mol. The number of carbonyl (C=O) groups excluding carboxylic acids is 1. The normalized spacial score (nSPS) is 18.6. The number of hydrogen-bond donors (Lipinski definition) is 0. The number of piperidine rings is 1. The fraction of sp³-hybridized carbons (Fsp3) is 0.562. The molecule has 1 fully saturated rings. The molecule has 1 saturated heterocycles. The number of nitrogens with zero attached hydrogens (tertiary/aromatic N) is 2. The van der Waals surface area contributed by atoms with Gasteiger partial charge in [-0.05, 0) is 38.7 Å². The molecule has 2 rings (SSSR count). The van der Waals surface area contributed by atoms with Crippen LogP contribution in [0.1, 0.15) is 56.3 Å². The zero-order valence-electron chi connectivity index (χ0n) is 12.7. The summed E-state index contributed by atoms with van der Waals surface area (Å²) in [5.74, 6) is -0.116. The lowest BCUT2D eigenvalue weighted by molar-refractivity contribution is -0.384. The summed E-state index contributed by atoms with van der Waals surface area (Å²) in [5.41, 5.74) is 1.30. The Morgan fingerprint density at radius 2 is 2.19 bits per heavy atom. The minimum atomic E-state index is -0.448. The Morgan fingerprint density at radius 3 is 2.81 bits per heavy atom. The number of non-ortho nitro benzene ring substituents is 1. The van der Waals surface area contributed by atoms with E-state index in [1.165, 1.54) is 25.5 Å². The number of hydrogen-bond acceptors (Lipinski definition) is 4. The molecule has 5 heteroatoms. The maximum absolute atomic E-state index is 11.9. The molecule has 0 radical (unpaired) electrons. The van der Waals surface area contributed by atoms with Gasteiger partial charge in [0.05, 0.1) is 4.92 Å². The number of nitro benzene ring substituents is 1. The summed E-state index contributed by atoms with van der Waals surface area (Å²) in [4.78, 5) is 24.6. The van der Waals surface area contributed by atoms with Gasteiger partial charge in [0.2, 0.25) is 0 Å². The highest BCUT2D eigenvalue weighted by molar-refractivity contribution is 6.00. The van der Waals surface area contributed by atoms with Crippen LogP contribution in [0.2, 0.25) is 0 Å². The second-order valence-electron chi connectivity index (χ2n) is 5.65. The molecule has 0 saturated carbocycles. The lowest BCUT2D eigenvalue weighted by atomic mass is 9.95. The molecule has 0 N–H and O–H groups in total. The van der Waals surface area contributed by atoms with Gasteiger partial charge in [-0.3, -0.25) is 14.9 Å². The summed E-state index contributed by atoms with van der Waals surface area (Å²) >= 11 is 0.